The molecule has 0 amide bonds. The highest BCUT2D eigenvalue weighted by molar-refractivity contribution is 6.31. The standard InChI is InChI=1S/C23H29ClN6/c24-16-4-3-11-25-22(16)18-6-1-5-17(27-18)19-14-30-20(28-19)7-2-8-21(30)29-13-12-26-23(15-29)9-10-23/h2-4,7-8,11,17-19,26-27H,1,5-6,9-10,12-15H2/t17-,18+,19?/m1/s1. The molecule has 1 aliphatic carbocycles. The summed E-state index contributed by atoms with van der Waals surface area (Å²) >= 11 is 6.43. The number of hydrogen-bond donors (Lipinski definition) is 2. The second-order valence-corrected chi connectivity index (χ2v) is 9.71. The van der Waals surface area contributed by atoms with Crippen molar-refractivity contribution in [2.75, 3.05) is 26.2 Å². The van der Waals surface area contributed by atoms with Crippen LogP contribution in [0.1, 0.15) is 43.8 Å². The van der Waals surface area contributed by atoms with Crippen LogP contribution in [0.4, 0.5) is 0 Å². The van der Waals surface area contributed by atoms with Crippen molar-refractivity contribution in [3.05, 3.63) is 53.1 Å². The molecule has 1 aromatic heterocycles. The van der Waals surface area contributed by atoms with E-state index in [9.17, 15) is 0 Å². The van der Waals surface area contributed by atoms with Gasteiger partial charge in [0, 0.05) is 44.0 Å². The van der Waals surface area contributed by atoms with E-state index in [1.54, 1.807) is 0 Å². The molecule has 7 heteroatoms. The Morgan fingerprint density at radius 3 is 3.03 bits per heavy atom. The van der Waals surface area contributed by atoms with Crippen LogP contribution < -0.4 is 10.6 Å². The minimum atomic E-state index is 0.212. The minimum Gasteiger partial charge on any atom is -0.355 e. The number of piperazine rings is 1. The van der Waals surface area contributed by atoms with Crippen LogP contribution in [0.3, 0.4) is 0 Å². The number of rotatable bonds is 3. The summed E-state index contributed by atoms with van der Waals surface area (Å²) in [6, 6.07) is 4.66. The maximum absolute atomic E-state index is 6.43. The summed E-state index contributed by atoms with van der Waals surface area (Å²) in [7, 11) is 0. The van der Waals surface area contributed by atoms with E-state index in [2.05, 4.69) is 43.6 Å². The summed E-state index contributed by atoms with van der Waals surface area (Å²) in [5.74, 6) is 2.44. The topological polar surface area (TPSA) is 55.8 Å². The quantitative estimate of drug-likeness (QED) is 0.781. The predicted molar refractivity (Wildman–Crippen MR) is 119 cm³/mol. The lowest BCUT2D eigenvalue weighted by Gasteiger charge is -2.41. The highest BCUT2D eigenvalue weighted by Crippen LogP contribution is 2.39. The van der Waals surface area contributed by atoms with Crippen LogP contribution in [0, 0.1) is 0 Å². The van der Waals surface area contributed by atoms with E-state index >= 15 is 0 Å². The zero-order valence-electron chi connectivity index (χ0n) is 17.2. The highest BCUT2D eigenvalue weighted by Gasteiger charge is 2.47. The molecule has 0 bridgehead atoms. The first-order valence-electron chi connectivity index (χ1n) is 11.3. The normalized spacial score (nSPS) is 32.1. The number of hydrogen-bond acceptors (Lipinski definition) is 6. The van der Waals surface area contributed by atoms with Gasteiger partial charge in [0.25, 0.3) is 0 Å². The molecule has 30 heavy (non-hydrogen) atoms. The zero-order valence-corrected chi connectivity index (χ0v) is 18.0. The van der Waals surface area contributed by atoms with Crippen LogP contribution in [-0.4, -0.2) is 64.4 Å². The third-order valence-electron chi connectivity index (χ3n) is 7.27. The van der Waals surface area contributed by atoms with Crippen LogP contribution in [-0.2, 0) is 0 Å². The number of aromatic nitrogens is 1. The first-order valence-corrected chi connectivity index (χ1v) is 11.7. The summed E-state index contributed by atoms with van der Waals surface area (Å²) in [6.07, 6.45) is 14.4. The molecule has 0 radical (unpaired) electrons. The number of piperidine rings is 1. The number of allylic oxidation sites excluding steroid dienone is 2. The van der Waals surface area contributed by atoms with E-state index in [1.165, 1.54) is 25.1 Å². The number of nitrogens with zero attached hydrogens (tertiary/aromatic N) is 4. The molecule has 1 unspecified atom stereocenters. The van der Waals surface area contributed by atoms with Gasteiger partial charge in [-0.2, -0.15) is 0 Å². The van der Waals surface area contributed by atoms with Gasteiger partial charge in [-0.3, -0.25) is 9.98 Å². The van der Waals surface area contributed by atoms with Crippen molar-refractivity contribution in [1.82, 2.24) is 25.4 Å². The van der Waals surface area contributed by atoms with Gasteiger partial charge in [-0.15, -0.1) is 0 Å². The molecule has 3 fully saturated rings. The zero-order chi connectivity index (χ0) is 20.1. The molecule has 2 N–H and O–H groups in total. The van der Waals surface area contributed by atoms with Gasteiger partial charge in [0.2, 0.25) is 0 Å². The lowest BCUT2D eigenvalue weighted by atomic mass is 9.92. The van der Waals surface area contributed by atoms with E-state index in [1.807, 2.05) is 18.3 Å². The van der Waals surface area contributed by atoms with Crippen LogP contribution >= 0.6 is 11.6 Å². The highest BCUT2D eigenvalue weighted by atomic mass is 35.5. The summed E-state index contributed by atoms with van der Waals surface area (Å²) in [5, 5.41) is 8.31. The van der Waals surface area contributed by atoms with Crippen molar-refractivity contribution in [3.8, 4) is 0 Å². The smallest absolute Gasteiger partial charge is 0.129 e. The van der Waals surface area contributed by atoms with E-state index < -0.39 is 0 Å². The molecule has 1 spiro atoms. The van der Waals surface area contributed by atoms with Crippen LogP contribution in [0.15, 0.2) is 47.4 Å². The van der Waals surface area contributed by atoms with Gasteiger partial charge >= 0.3 is 0 Å². The summed E-state index contributed by atoms with van der Waals surface area (Å²) in [4.78, 5) is 14.7. The SMILES string of the molecule is Clc1cccnc1[C@@H]1CCC[C@H](C2CN3C(N4CCNC5(CC5)C4)=CC=CC3=N2)N1. The number of halogens is 1. The lowest BCUT2D eigenvalue weighted by molar-refractivity contribution is 0.189. The largest absolute Gasteiger partial charge is 0.355 e. The second kappa shape index (κ2) is 7.36. The molecule has 2 saturated heterocycles. The number of nitrogens with one attached hydrogen (secondary N) is 2. The van der Waals surface area contributed by atoms with E-state index in [0.29, 0.717) is 11.6 Å². The van der Waals surface area contributed by atoms with Gasteiger partial charge < -0.3 is 20.4 Å². The lowest BCUT2D eigenvalue weighted by Crippen LogP contribution is -2.54. The fourth-order valence-corrected chi connectivity index (χ4v) is 5.74. The Morgan fingerprint density at radius 2 is 2.17 bits per heavy atom. The number of fused-ring (bicyclic) bond motifs is 1. The minimum absolute atomic E-state index is 0.212. The maximum Gasteiger partial charge on any atom is 0.129 e. The second-order valence-electron chi connectivity index (χ2n) is 9.31. The molecular weight excluding hydrogens is 396 g/mol. The third-order valence-corrected chi connectivity index (χ3v) is 7.59. The Morgan fingerprint density at radius 1 is 1.23 bits per heavy atom. The van der Waals surface area contributed by atoms with Crippen molar-refractivity contribution in [3.63, 3.8) is 0 Å². The van der Waals surface area contributed by atoms with Crippen LogP contribution in [0.25, 0.3) is 0 Å². The maximum atomic E-state index is 6.43. The average Bonchev–Trinajstić information content (AvgIpc) is 3.36. The van der Waals surface area contributed by atoms with Gasteiger partial charge in [-0.25, -0.2) is 0 Å². The monoisotopic (exact) mass is 424 g/mol. The Labute approximate surface area is 183 Å². The van der Waals surface area contributed by atoms with Crippen molar-refractivity contribution in [1.29, 1.82) is 0 Å². The first kappa shape index (κ1) is 18.8. The summed E-state index contributed by atoms with van der Waals surface area (Å²) in [6.45, 7) is 4.20. The summed E-state index contributed by atoms with van der Waals surface area (Å²) in [5.41, 5.74) is 1.35. The van der Waals surface area contributed by atoms with Crippen molar-refractivity contribution >= 4 is 17.4 Å². The number of aliphatic imine (C=N–C) groups is 1. The summed E-state index contributed by atoms with van der Waals surface area (Å²) < 4.78 is 0. The van der Waals surface area contributed by atoms with Gasteiger partial charge in [0.1, 0.15) is 11.7 Å². The van der Waals surface area contributed by atoms with Crippen molar-refractivity contribution in [2.24, 2.45) is 4.99 Å². The van der Waals surface area contributed by atoms with Gasteiger partial charge in [0.05, 0.1) is 22.8 Å². The third kappa shape index (κ3) is 3.35. The molecule has 158 valence electrons. The van der Waals surface area contributed by atoms with E-state index in [4.69, 9.17) is 16.6 Å². The molecule has 6 nitrogen and oxygen atoms in total. The first-order chi connectivity index (χ1) is 14.7. The molecule has 6 rings (SSSR count). The Hall–Kier alpha value is -1.89. The fourth-order valence-electron chi connectivity index (χ4n) is 5.49. The Kier molecular flexibility index (Phi) is 4.62. The van der Waals surface area contributed by atoms with Gasteiger partial charge in [0.15, 0.2) is 0 Å². The molecule has 1 saturated carbocycles. The van der Waals surface area contributed by atoms with E-state index in [-0.39, 0.29) is 12.1 Å². The molecule has 5 heterocycles. The molecule has 3 atom stereocenters. The van der Waals surface area contributed by atoms with Crippen LogP contribution in [0.5, 0.6) is 0 Å². The molecular formula is C23H29ClN6. The fraction of sp³-hybridized carbons (Fsp3) is 0.565. The number of pyridine rings is 1. The molecule has 5 aliphatic rings. The van der Waals surface area contributed by atoms with Crippen molar-refractivity contribution in [2.45, 2.75) is 55.8 Å². The Bertz CT molecular complexity index is 920. The average molecular weight is 425 g/mol. The van der Waals surface area contributed by atoms with Gasteiger partial charge in [-0.05, 0) is 56.4 Å². The van der Waals surface area contributed by atoms with E-state index in [0.717, 1.165) is 55.6 Å². The van der Waals surface area contributed by atoms with Crippen LogP contribution in [0.2, 0.25) is 5.02 Å². The molecule has 0 aromatic carbocycles. The Balaban J connectivity index is 1.17. The van der Waals surface area contributed by atoms with Gasteiger partial charge in [-0.1, -0.05) is 17.7 Å². The van der Waals surface area contributed by atoms with Crippen molar-refractivity contribution < 1.29 is 0 Å². The number of amidine groups is 1. The molecule has 4 aliphatic heterocycles. The molecule has 1 aromatic rings. The predicted octanol–water partition coefficient (Wildman–Crippen LogP) is 2.85.